The van der Waals surface area contributed by atoms with E-state index in [1.165, 1.54) is 36.1 Å². The van der Waals surface area contributed by atoms with Gasteiger partial charge in [-0.15, -0.1) is 11.3 Å². The number of carbonyl (C=O) groups excluding carboxylic acids is 1. The zero-order valence-electron chi connectivity index (χ0n) is 20.3. The number of hydrogen-bond acceptors (Lipinski definition) is 3. The molecule has 31 heavy (non-hydrogen) atoms. The number of hydrogen-bond donors (Lipinski definition) is 1. The van der Waals surface area contributed by atoms with E-state index in [-0.39, 0.29) is 11.9 Å². The summed E-state index contributed by atoms with van der Waals surface area (Å²) in [6.45, 7) is 13.0. The van der Waals surface area contributed by atoms with E-state index >= 15 is 0 Å². The Bertz CT molecular complexity index is 681. The number of thiophene rings is 1. The molecule has 1 heterocycles. The van der Waals surface area contributed by atoms with Gasteiger partial charge < -0.3 is 10.1 Å². The van der Waals surface area contributed by atoms with Crippen LogP contribution in [0.15, 0.2) is 36.4 Å². The van der Waals surface area contributed by atoms with Gasteiger partial charge in [0.1, 0.15) is 5.75 Å². The second-order valence-corrected chi connectivity index (χ2v) is 9.00. The van der Waals surface area contributed by atoms with Crippen molar-refractivity contribution in [3.05, 3.63) is 51.2 Å². The molecule has 1 N–H and O–H groups in total. The smallest absolute Gasteiger partial charge is 0.223 e. The highest BCUT2D eigenvalue weighted by Crippen LogP contribution is 2.23. The molecule has 0 bridgehead atoms. The molecule has 0 saturated carbocycles. The first-order chi connectivity index (χ1) is 15.0. The fourth-order valence-corrected chi connectivity index (χ4v) is 3.87. The molecule has 2 aromatic rings. The molecule has 3 nitrogen and oxygen atoms in total. The van der Waals surface area contributed by atoms with Gasteiger partial charge >= 0.3 is 0 Å². The van der Waals surface area contributed by atoms with Crippen molar-refractivity contribution in [1.29, 1.82) is 0 Å². The van der Waals surface area contributed by atoms with Gasteiger partial charge in [0.05, 0.1) is 17.4 Å². The lowest BCUT2D eigenvalue weighted by Crippen LogP contribution is -2.36. The van der Waals surface area contributed by atoms with Gasteiger partial charge in [0.25, 0.3) is 0 Å². The lowest BCUT2D eigenvalue weighted by atomic mass is 10.1. The van der Waals surface area contributed by atoms with E-state index in [1.807, 2.05) is 57.2 Å². The summed E-state index contributed by atoms with van der Waals surface area (Å²) < 4.78 is 6.38. The van der Waals surface area contributed by atoms with Gasteiger partial charge in [-0.1, -0.05) is 89.6 Å². The normalized spacial score (nSPS) is 10.8. The van der Waals surface area contributed by atoms with E-state index < -0.39 is 0 Å². The van der Waals surface area contributed by atoms with Crippen molar-refractivity contribution in [2.24, 2.45) is 0 Å². The summed E-state index contributed by atoms with van der Waals surface area (Å²) in [5.74, 6) is 0.815. The monoisotopic (exact) mass is 467 g/mol. The lowest BCUT2D eigenvalue weighted by molar-refractivity contribution is -0.122. The highest BCUT2D eigenvalue weighted by molar-refractivity contribution is 7.16. The van der Waals surface area contributed by atoms with E-state index in [9.17, 15) is 4.79 Å². The van der Waals surface area contributed by atoms with Crippen molar-refractivity contribution in [2.75, 3.05) is 6.61 Å². The summed E-state index contributed by atoms with van der Waals surface area (Å²) in [6.07, 6.45) is 7.60. The van der Waals surface area contributed by atoms with Crippen molar-refractivity contribution in [1.82, 2.24) is 5.32 Å². The van der Waals surface area contributed by atoms with Crippen LogP contribution in [0, 0.1) is 6.92 Å². The molecule has 5 heteroatoms. The second kappa shape index (κ2) is 19.2. The first-order valence-corrected chi connectivity index (χ1v) is 12.9. The molecule has 1 aromatic heterocycles. The van der Waals surface area contributed by atoms with Crippen LogP contribution in [0.4, 0.5) is 0 Å². The Morgan fingerprint density at radius 3 is 2.13 bits per heavy atom. The molecule has 1 amide bonds. The number of aryl methyl sites for hydroxylation is 1. The predicted molar refractivity (Wildman–Crippen MR) is 138 cm³/mol. The van der Waals surface area contributed by atoms with E-state index in [0.717, 1.165) is 22.9 Å². The maximum absolute atomic E-state index is 12.0. The van der Waals surface area contributed by atoms with Gasteiger partial charge in [-0.2, -0.15) is 0 Å². The molecule has 2 rings (SSSR count). The average molecular weight is 468 g/mol. The molecule has 0 aliphatic carbocycles. The first-order valence-electron chi connectivity index (χ1n) is 11.7. The summed E-state index contributed by atoms with van der Waals surface area (Å²) in [6, 6.07) is 11.9. The average Bonchev–Trinajstić information content (AvgIpc) is 3.19. The standard InChI is InChI=1S/C18H22ClNO2S.C6H14.C2H6/c1-3-14(12-16-8-9-17(19)23-16)20-18(21)10-11-22-15-6-4-13(2)5-7-15;1-3-5-6-4-2;1-2/h4-9,14H,3,10-12H2,1-2H3,(H,20,21);3-6H2,1-2H3;1-2H3. The summed E-state index contributed by atoms with van der Waals surface area (Å²) in [5.41, 5.74) is 1.19. The third-order valence-corrected chi connectivity index (χ3v) is 5.76. The lowest BCUT2D eigenvalue weighted by Gasteiger charge is -2.16. The summed E-state index contributed by atoms with van der Waals surface area (Å²) in [7, 11) is 0. The maximum Gasteiger partial charge on any atom is 0.223 e. The molecule has 1 atom stereocenters. The predicted octanol–water partition coefficient (Wildman–Crippen LogP) is 8.23. The molecule has 1 aromatic carbocycles. The molecule has 0 radical (unpaired) electrons. The number of halogens is 1. The maximum atomic E-state index is 12.0. The van der Waals surface area contributed by atoms with E-state index in [4.69, 9.17) is 16.3 Å². The third kappa shape index (κ3) is 15.0. The minimum absolute atomic E-state index is 0.0200. The number of amides is 1. The van der Waals surface area contributed by atoms with Gasteiger partial charge in [0.2, 0.25) is 5.91 Å². The Morgan fingerprint density at radius 1 is 1.03 bits per heavy atom. The van der Waals surface area contributed by atoms with Gasteiger partial charge in [0.15, 0.2) is 0 Å². The SMILES string of the molecule is CC.CCC(Cc1ccc(Cl)s1)NC(=O)CCOc1ccc(C)cc1.CCCCCC. The third-order valence-electron chi connectivity index (χ3n) is 4.51. The Balaban J connectivity index is 0.000000970. The highest BCUT2D eigenvalue weighted by atomic mass is 35.5. The molecule has 0 aliphatic rings. The van der Waals surface area contributed by atoms with E-state index in [0.29, 0.717) is 13.0 Å². The van der Waals surface area contributed by atoms with Crippen LogP contribution in [0.3, 0.4) is 0 Å². The Hall–Kier alpha value is -1.52. The number of carbonyl (C=O) groups is 1. The number of ether oxygens (including phenoxy) is 1. The molecule has 0 fully saturated rings. The summed E-state index contributed by atoms with van der Waals surface area (Å²) in [5, 5.41) is 3.06. The van der Waals surface area contributed by atoms with Crippen LogP contribution in [0.5, 0.6) is 5.75 Å². The number of benzene rings is 1. The Kier molecular flexibility index (Phi) is 18.2. The molecule has 0 spiro atoms. The van der Waals surface area contributed by atoms with Gasteiger partial charge in [-0.25, -0.2) is 0 Å². The van der Waals surface area contributed by atoms with Crippen LogP contribution < -0.4 is 10.1 Å². The van der Waals surface area contributed by atoms with Crippen molar-refractivity contribution >= 4 is 28.8 Å². The molecule has 1 unspecified atom stereocenters. The fraction of sp³-hybridized carbons (Fsp3) is 0.577. The molecular weight excluding hydrogens is 426 g/mol. The van der Waals surface area contributed by atoms with Gasteiger partial charge in [-0.3, -0.25) is 4.79 Å². The van der Waals surface area contributed by atoms with Gasteiger partial charge in [-0.05, 0) is 37.6 Å². The van der Waals surface area contributed by atoms with Crippen molar-refractivity contribution in [3.8, 4) is 5.75 Å². The van der Waals surface area contributed by atoms with Crippen LogP contribution in [-0.4, -0.2) is 18.6 Å². The van der Waals surface area contributed by atoms with Crippen LogP contribution in [0.25, 0.3) is 0 Å². The zero-order chi connectivity index (χ0) is 23.5. The summed E-state index contributed by atoms with van der Waals surface area (Å²) in [4.78, 5) is 13.2. The van der Waals surface area contributed by atoms with Gasteiger partial charge in [0, 0.05) is 17.3 Å². The van der Waals surface area contributed by atoms with Crippen molar-refractivity contribution in [3.63, 3.8) is 0 Å². The van der Waals surface area contributed by atoms with Crippen LogP contribution in [0.2, 0.25) is 4.34 Å². The van der Waals surface area contributed by atoms with E-state index in [2.05, 4.69) is 26.1 Å². The molecule has 0 aliphatic heterocycles. The largest absolute Gasteiger partial charge is 0.493 e. The number of nitrogens with one attached hydrogen (secondary N) is 1. The first kappa shape index (κ1) is 29.5. The number of rotatable bonds is 11. The Labute approximate surface area is 199 Å². The van der Waals surface area contributed by atoms with E-state index in [1.54, 1.807) is 11.3 Å². The zero-order valence-corrected chi connectivity index (χ0v) is 21.9. The highest BCUT2D eigenvalue weighted by Gasteiger charge is 2.12. The topological polar surface area (TPSA) is 38.3 Å². The minimum atomic E-state index is 0.0200. The second-order valence-electron chi connectivity index (χ2n) is 7.20. The molecule has 0 saturated heterocycles. The van der Waals surface area contributed by atoms with Crippen LogP contribution in [0.1, 0.15) is 83.6 Å². The van der Waals surface area contributed by atoms with Crippen molar-refractivity contribution < 1.29 is 9.53 Å². The van der Waals surface area contributed by atoms with Crippen molar-refractivity contribution in [2.45, 2.75) is 92.5 Å². The fourth-order valence-electron chi connectivity index (χ4n) is 2.70. The van der Waals surface area contributed by atoms with Crippen LogP contribution >= 0.6 is 22.9 Å². The number of unbranched alkanes of at least 4 members (excludes halogenated alkanes) is 3. The summed E-state index contributed by atoms with van der Waals surface area (Å²) >= 11 is 7.51. The molecule has 176 valence electrons. The minimum Gasteiger partial charge on any atom is -0.493 e. The van der Waals surface area contributed by atoms with Crippen LogP contribution in [-0.2, 0) is 11.2 Å². The molecular formula is C26H42ClNO2S. The Morgan fingerprint density at radius 2 is 1.65 bits per heavy atom. The quantitative estimate of drug-likeness (QED) is 0.338.